The zero-order chi connectivity index (χ0) is 14.1. The van der Waals surface area contributed by atoms with Crippen LogP contribution < -0.4 is 0 Å². The molecule has 4 heteroatoms. The van der Waals surface area contributed by atoms with Crippen LogP contribution in [0.1, 0.15) is 21.5 Å². The molecule has 0 bridgehead atoms. The van der Waals surface area contributed by atoms with E-state index >= 15 is 0 Å². The number of nitriles is 1. The van der Waals surface area contributed by atoms with Crippen LogP contribution in [0.4, 0.5) is 0 Å². The molecule has 1 aromatic heterocycles. The fourth-order valence-electron chi connectivity index (χ4n) is 2.21. The number of fused-ring (bicyclic) bond motifs is 1. The van der Waals surface area contributed by atoms with Gasteiger partial charge in [-0.05, 0) is 36.4 Å². The first-order valence-electron chi connectivity index (χ1n) is 6.01. The van der Waals surface area contributed by atoms with E-state index in [9.17, 15) is 10.1 Å². The third-order valence-electron chi connectivity index (χ3n) is 3.18. The maximum atomic E-state index is 12.5. The highest BCUT2D eigenvalue weighted by Crippen LogP contribution is 2.25. The second kappa shape index (κ2) is 4.84. The van der Waals surface area contributed by atoms with E-state index in [1.54, 1.807) is 42.6 Å². The largest absolute Gasteiger partial charge is 0.360 e. The van der Waals surface area contributed by atoms with Crippen LogP contribution in [-0.4, -0.2) is 10.8 Å². The van der Waals surface area contributed by atoms with E-state index < -0.39 is 0 Å². The second-order valence-corrected chi connectivity index (χ2v) is 4.81. The number of nitrogens with one attached hydrogen (secondary N) is 1. The Labute approximate surface area is 120 Å². The zero-order valence-corrected chi connectivity index (χ0v) is 11.1. The first kappa shape index (κ1) is 12.5. The highest BCUT2D eigenvalue weighted by Gasteiger charge is 2.16. The molecule has 3 nitrogen and oxygen atoms in total. The molecule has 20 heavy (non-hydrogen) atoms. The molecule has 0 saturated carbocycles. The van der Waals surface area contributed by atoms with Crippen molar-refractivity contribution in [1.29, 1.82) is 5.26 Å². The summed E-state index contributed by atoms with van der Waals surface area (Å²) >= 11 is 5.82. The number of H-pyrrole nitrogens is 1. The van der Waals surface area contributed by atoms with Gasteiger partial charge in [0.1, 0.15) is 0 Å². The molecule has 96 valence electrons. The van der Waals surface area contributed by atoms with Crippen molar-refractivity contribution in [1.82, 2.24) is 4.98 Å². The van der Waals surface area contributed by atoms with Crippen molar-refractivity contribution >= 4 is 28.3 Å². The van der Waals surface area contributed by atoms with Gasteiger partial charge in [0.25, 0.3) is 0 Å². The van der Waals surface area contributed by atoms with Crippen LogP contribution in [-0.2, 0) is 0 Å². The molecule has 2 aromatic carbocycles. The fraction of sp³-hybridized carbons (Fsp3) is 0. The molecule has 0 aliphatic heterocycles. The summed E-state index contributed by atoms with van der Waals surface area (Å²) in [5, 5.41) is 10.4. The standard InChI is InChI=1S/C16H9ClN2O/c17-12-6-4-10(5-7-12)16(20)13-9-19-14-3-1-2-11(8-18)15(13)14/h1-7,9,19H. The van der Waals surface area contributed by atoms with Gasteiger partial charge in [0.05, 0.1) is 11.6 Å². The zero-order valence-electron chi connectivity index (χ0n) is 10.4. The van der Waals surface area contributed by atoms with E-state index in [0.29, 0.717) is 27.1 Å². The maximum absolute atomic E-state index is 12.5. The van der Waals surface area contributed by atoms with E-state index in [0.717, 1.165) is 5.52 Å². The molecule has 1 N–H and O–H groups in total. The number of hydrogen-bond acceptors (Lipinski definition) is 2. The van der Waals surface area contributed by atoms with E-state index in [2.05, 4.69) is 11.1 Å². The summed E-state index contributed by atoms with van der Waals surface area (Å²) in [7, 11) is 0. The Morgan fingerprint density at radius 3 is 2.60 bits per heavy atom. The monoisotopic (exact) mass is 280 g/mol. The summed E-state index contributed by atoms with van der Waals surface area (Å²) < 4.78 is 0. The number of carbonyl (C=O) groups excluding carboxylic acids is 1. The Morgan fingerprint density at radius 2 is 1.90 bits per heavy atom. The summed E-state index contributed by atoms with van der Waals surface area (Å²) in [6, 6.07) is 14.2. The average Bonchev–Trinajstić information content (AvgIpc) is 2.91. The molecule has 3 rings (SSSR count). The predicted molar refractivity (Wildman–Crippen MR) is 77.9 cm³/mol. The van der Waals surface area contributed by atoms with Crippen molar-refractivity contribution in [3.05, 3.63) is 70.4 Å². The van der Waals surface area contributed by atoms with Crippen molar-refractivity contribution in [3.8, 4) is 6.07 Å². The average molecular weight is 281 g/mol. The van der Waals surface area contributed by atoms with Gasteiger partial charge in [0.2, 0.25) is 0 Å². The number of hydrogen-bond donors (Lipinski definition) is 1. The molecule has 0 amide bonds. The Hall–Kier alpha value is -2.57. The van der Waals surface area contributed by atoms with Crippen LogP contribution in [0, 0.1) is 11.3 Å². The Bertz CT molecular complexity index is 841. The van der Waals surface area contributed by atoms with Crippen molar-refractivity contribution in [2.45, 2.75) is 0 Å². The smallest absolute Gasteiger partial charge is 0.195 e. The Kier molecular flexibility index (Phi) is 3.02. The van der Waals surface area contributed by atoms with Crippen molar-refractivity contribution < 1.29 is 4.79 Å². The van der Waals surface area contributed by atoms with Gasteiger partial charge in [-0.1, -0.05) is 17.7 Å². The van der Waals surface area contributed by atoms with Gasteiger partial charge < -0.3 is 4.98 Å². The van der Waals surface area contributed by atoms with Crippen molar-refractivity contribution in [2.75, 3.05) is 0 Å². The lowest BCUT2D eigenvalue weighted by Crippen LogP contribution is -2.00. The van der Waals surface area contributed by atoms with Gasteiger partial charge in [0.15, 0.2) is 5.78 Å². The van der Waals surface area contributed by atoms with Gasteiger partial charge in [-0.25, -0.2) is 0 Å². The number of ketones is 1. The number of carbonyl (C=O) groups is 1. The fourth-order valence-corrected chi connectivity index (χ4v) is 2.34. The first-order valence-corrected chi connectivity index (χ1v) is 6.39. The number of benzene rings is 2. The Morgan fingerprint density at radius 1 is 1.15 bits per heavy atom. The summed E-state index contributed by atoms with van der Waals surface area (Å²) in [6.07, 6.45) is 1.64. The van der Waals surface area contributed by atoms with Crippen LogP contribution in [0.15, 0.2) is 48.7 Å². The lowest BCUT2D eigenvalue weighted by molar-refractivity contribution is 0.104. The minimum Gasteiger partial charge on any atom is -0.360 e. The molecule has 0 aliphatic rings. The van der Waals surface area contributed by atoms with Gasteiger partial charge in [-0.15, -0.1) is 0 Å². The molecule has 0 saturated heterocycles. The minimum absolute atomic E-state index is 0.129. The molecular weight excluding hydrogens is 272 g/mol. The van der Waals surface area contributed by atoms with E-state index in [1.807, 2.05) is 6.07 Å². The Balaban J connectivity index is 2.18. The van der Waals surface area contributed by atoms with Crippen LogP contribution in [0.5, 0.6) is 0 Å². The normalized spacial score (nSPS) is 10.4. The molecule has 1 heterocycles. The number of nitrogens with zero attached hydrogens (tertiary/aromatic N) is 1. The maximum Gasteiger partial charge on any atom is 0.195 e. The van der Waals surface area contributed by atoms with Crippen LogP contribution in [0.2, 0.25) is 5.02 Å². The first-order chi connectivity index (χ1) is 9.70. The van der Waals surface area contributed by atoms with Gasteiger partial charge in [0, 0.05) is 33.2 Å². The lowest BCUT2D eigenvalue weighted by atomic mass is 10.00. The van der Waals surface area contributed by atoms with Crippen molar-refractivity contribution in [3.63, 3.8) is 0 Å². The lowest BCUT2D eigenvalue weighted by Gasteiger charge is -2.01. The summed E-state index contributed by atoms with van der Waals surface area (Å²) in [5.41, 5.74) is 2.31. The van der Waals surface area contributed by atoms with Gasteiger partial charge in [-0.3, -0.25) is 4.79 Å². The minimum atomic E-state index is -0.129. The summed E-state index contributed by atoms with van der Waals surface area (Å²) in [5.74, 6) is -0.129. The van der Waals surface area contributed by atoms with Crippen LogP contribution in [0.25, 0.3) is 10.9 Å². The topological polar surface area (TPSA) is 56.6 Å². The highest BCUT2D eigenvalue weighted by atomic mass is 35.5. The molecule has 0 fully saturated rings. The molecule has 0 spiro atoms. The van der Waals surface area contributed by atoms with Crippen LogP contribution >= 0.6 is 11.6 Å². The molecule has 0 unspecified atom stereocenters. The molecule has 3 aromatic rings. The van der Waals surface area contributed by atoms with Crippen LogP contribution in [0.3, 0.4) is 0 Å². The molecular formula is C16H9ClN2O. The SMILES string of the molecule is N#Cc1cccc2[nH]cc(C(=O)c3ccc(Cl)cc3)c12. The highest BCUT2D eigenvalue weighted by molar-refractivity contribution is 6.30. The van der Waals surface area contributed by atoms with E-state index in [1.165, 1.54) is 0 Å². The second-order valence-electron chi connectivity index (χ2n) is 4.38. The summed E-state index contributed by atoms with van der Waals surface area (Å²) in [6.45, 7) is 0. The molecule has 0 aliphatic carbocycles. The van der Waals surface area contributed by atoms with E-state index in [-0.39, 0.29) is 5.78 Å². The quantitative estimate of drug-likeness (QED) is 0.723. The summed E-state index contributed by atoms with van der Waals surface area (Å²) in [4.78, 5) is 15.6. The molecule has 0 radical (unpaired) electrons. The predicted octanol–water partition coefficient (Wildman–Crippen LogP) is 3.92. The van der Waals surface area contributed by atoms with Gasteiger partial charge >= 0.3 is 0 Å². The van der Waals surface area contributed by atoms with Gasteiger partial charge in [-0.2, -0.15) is 5.26 Å². The number of halogens is 1. The number of aromatic amines is 1. The third-order valence-corrected chi connectivity index (χ3v) is 3.43. The van der Waals surface area contributed by atoms with Crippen molar-refractivity contribution in [2.24, 2.45) is 0 Å². The number of aromatic nitrogens is 1. The van der Waals surface area contributed by atoms with E-state index in [4.69, 9.17) is 11.6 Å². The molecule has 0 atom stereocenters. The third kappa shape index (κ3) is 1.97. The number of rotatable bonds is 2.